The summed E-state index contributed by atoms with van der Waals surface area (Å²) in [5, 5.41) is 8.34. The van der Waals surface area contributed by atoms with Crippen LogP contribution < -0.4 is 0 Å². The van der Waals surface area contributed by atoms with Gasteiger partial charge in [-0.05, 0) is 0 Å². The lowest BCUT2D eigenvalue weighted by Crippen LogP contribution is -2.23. The van der Waals surface area contributed by atoms with Crippen LogP contribution in [0.2, 0.25) is 0 Å². The zero-order valence-electron chi connectivity index (χ0n) is 6.41. The summed E-state index contributed by atoms with van der Waals surface area (Å²) in [6.07, 6.45) is -2.02. The van der Waals surface area contributed by atoms with Crippen LogP contribution in [0.25, 0.3) is 0 Å². The average molecular weight is 204 g/mol. The standard InChI is InChI=1S/C5H10F2O4S/c1-12(9,10)11-3-4(2-8)5(6)7/h4-5,8H,2-3H2,1H3. The van der Waals surface area contributed by atoms with Crippen LogP contribution in [0.3, 0.4) is 0 Å². The highest BCUT2D eigenvalue weighted by Crippen LogP contribution is 2.10. The zero-order chi connectivity index (χ0) is 9.78. The third-order valence-electron chi connectivity index (χ3n) is 1.09. The lowest BCUT2D eigenvalue weighted by atomic mass is 10.2. The smallest absolute Gasteiger partial charge is 0.264 e. The minimum absolute atomic E-state index is 0.688. The molecule has 0 spiro atoms. The van der Waals surface area contributed by atoms with E-state index in [0.29, 0.717) is 0 Å². The van der Waals surface area contributed by atoms with Crippen molar-refractivity contribution in [1.29, 1.82) is 0 Å². The summed E-state index contributed by atoms with van der Waals surface area (Å²) in [7, 11) is -3.71. The van der Waals surface area contributed by atoms with Crippen LogP contribution in [0.15, 0.2) is 0 Å². The van der Waals surface area contributed by atoms with E-state index < -0.39 is 35.7 Å². The summed E-state index contributed by atoms with van der Waals surface area (Å²) in [6, 6.07) is 0. The summed E-state index contributed by atoms with van der Waals surface area (Å²) in [5.74, 6) is -1.44. The van der Waals surface area contributed by atoms with Crippen molar-refractivity contribution in [3.05, 3.63) is 0 Å². The predicted octanol–water partition coefficient (Wildman–Crippen LogP) is -0.164. The highest BCUT2D eigenvalue weighted by Gasteiger charge is 2.21. The molecule has 0 aromatic heterocycles. The molecule has 0 aliphatic heterocycles. The van der Waals surface area contributed by atoms with Gasteiger partial charge in [-0.15, -0.1) is 0 Å². The Bertz CT molecular complexity index is 213. The van der Waals surface area contributed by atoms with Crippen molar-refractivity contribution in [2.75, 3.05) is 19.5 Å². The monoisotopic (exact) mass is 204 g/mol. The van der Waals surface area contributed by atoms with Gasteiger partial charge in [0.15, 0.2) is 0 Å². The second kappa shape index (κ2) is 4.68. The molecular weight excluding hydrogens is 194 g/mol. The Kier molecular flexibility index (Phi) is 4.58. The van der Waals surface area contributed by atoms with Gasteiger partial charge in [-0.2, -0.15) is 8.42 Å². The average Bonchev–Trinajstić information content (AvgIpc) is 1.85. The molecule has 0 aromatic carbocycles. The van der Waals surface area contributed by atoms with Crippen molar-refractivity contribution in [3.63, 3.8) is 0 Å². The molecule has 0 amide bonds. The number of halogens is 2. The Morgan fingerprint density at radius 1 is 1.50 bits per heavy atom. The van der Waals surface area contributed by atoms with Gasteiger partial charge in [-0.25, -0.2) is 8.78 Å². The highest BCUT2D eigenvalue weighted by atomic mass is 32.2. The SMILES string of the molecule is CS(=O)(=O)OCC(CO)C(F)F. The Morgan fingerprint density at radius 2 is 2.00 bits per heavy atom. The molecule has 1 N–H and O–H groups in total. The van der Waals surface area contributed by atoms with Gasteiger partial charge in [-0.3, -0.25) is 4.18 Å². The summed E-state index contributed by atoms with van der Waals surface area (Å²) < 4.78 is 48.4. The molecule has 0 aliphatic carbocycles. The van der Waals surface area contributed by atoms with Crippen molar-refractivity contribution >= 4 is 10.1 Å². The quantitative estimate of drug-likeness (QED) is 0.632. The van der Waals surface area contributed by atoms with Crippen LogP contribution in [0.4, 0.5) is 8.78 Å². The van der Waals surface area contributed by atoms with Gasteiger partial charge in [0.05, 0.1) is 25.4 Å². The fourth-order valence-electron chi connectivity index (χ4n) is 0.416. The van der Waals surface area contributed by atoms with Crippen molar-refractivity contribution in [1.82, 2.24) is 0 Å². The van der Waals surface area contributed by atoms with E-state index in [0.717, 1.165) is 6.26 Å². The first kappa shape index (κ1) is 11.7. The van der Waals surface area contributed by atoms with Crippen LogP contribution in [0, 0.1) is 5.92 Å². The molecule has 0 rings (SSSR count). The summed E-state index contributed by atoms with van der Waals surface area (Å²) in [6.45, 7) is -1.49. The minimum Gasteiger partial charge on any atom is -0.396 e. The van der Waals surface area contributed by atoms with Gasteiger partial charge in [0, 0.05) is 0 Å². The number of rotatable bonds is 5. The topological polar surface area (TPSA) is 63.6 Å². The summed E-state index contributed by atoms with van der Waals surface area (Å²) >= 11 is 0. The van der Waals surface area contributed by atoms with Crippen molar-refractivity contribution in [2.45, 2.75) is 6.43 Å². The van der Waals surface area contributed by atoms with E-state index in [1.54, 1.807) is 0 Å². The first-order chi connectivity index (χ1) is 5.37. The van der Waals surface area contributed by atoms with E-state index >= 15 is 0 Å². The molecule has 0 fully saturated rings. The van der Waals surface area contributed by atoms with Crippen molar-refractivity contribution in [2.24, 2.45) is 5.92 Å². The molecular formula is C5H10F2O4S. The maximum atomic E-state index is 11.8. The molecule has 74 valence electrons. The molecule has 7 heteroatoms. The largest absolute Gasteiger partial charge is 0.396 e. The van der Waals surface area contributed by atoms with Crippen LogP contribution >= 0.6 is 0 Å². The molecule has 0 radical (unpaired) electrons. The third-order valence-corrected chi connectivity index (χ3v) is 1.65. The molecule has 1 unspecified atom stereocenters. The molecule has 12 heavy (non-hydrogen) atoms. The Labute approximate surface area is 69.3 Å². The molecule has 1 atom stereocenters. The van der Waals surface area contributed by atoms with E-state index in [1.807, 2.05) is 0 Å². The van der Waals surface area contributed by atoms with Gasteiger partial charge in [0.25, 0.3) is 10.1 Å². The van der Waals surface area contributed by atoms with Crippen molar-refractivity contribution in [3.8, 4) is 0 Å². The fraction of sp³-hybridized carbons (Fsp3) is 1.00. The lowest BCUT2D eigenvalue weighted by Gasteiger charge is -2.11. The second-order valence-electron chi connectivity index (χ2n) is 2.27. The van der Waals surface area contributed by atoms with E-state index in [-0.39, 0.29) is 0 Å². The van der Waals surface area contributed by atoms with Crippen LogP contribution in [-0.2, 0) is 14.3 Å². The van der Waals surface area contributed by atoms with Gasteiger partial charge in [0.1, 0.15) is 0 Å². The lowest BCUT2D eigenvalue weighted by molar-refractivity contribution is 0.0176. The normalized spacial score (nSPS) is 15.1. The Morgan fingerprint density at radius 3 is 2.25 bits per heavy atom. The number of alkyl halides is 2. The Hall–Kier alpha value is -0.270. The minimum atomic E-state index is -3.71. The van der Waals surface area contributed by atoms with Crippen LogP contribution in [0.1, 0.15) is 0 Å². The maximum Gasteiger partial charge on any atom is 0.264 e. The van der Waals surface area contributed by atoms with Gasteiger partial charge >= 0.3 is 0 Å². The van der Waals surface area contributed by atoms with Crippen molar-refractivity contribution < 1.29 is 26.5 Å². The summed E-state index contributed by atoms with van der Waals surface area (Å²) in [5.41, 5.74) is 0. The first-order valence-electron chi connectivity index (χ1n) is 3.10. The van der Waals surface area contributed by atoms with E-state index in [2.05, 4.69) is 4.18 Å². The summed E-state index contributed by atoms with van der Waals surface area (Å²) in [4.78, 5) is 0. The van der Waals surface area contributed by atoms with Gasteiger partial charge in [0.2, 0.25) is 6.43 Å². The number of aliphatic hydroxyl groups excluding tert-OH is 1. The predicted molar refractivity (Wildman–Crippen MR) is 37.4 cm³/mol. The van der Waals surface area contributed by atoms with Crippen LogP contribution in [-0.4, -0.2) is 39.4 Å². The molecule has 0 saturated carbocycles. The number of hydrogen-bond donors (Lipinski definition) is 1. The van der Waals surface area contributed by atoms with E-state index in [4.69, 9.17) is 5.11 Å². The molecule has 0 aromatic rings. The number of hydrogen-bond acceptors (Lipinski definition) is 4. The number of aliphatic hydroxyl groups is 1. The van der Waals surface area contributed by atoms with E-state index in [9.17, 15) is 17.2 Å². The molecule has 0 heterocycles. The fourth-order valence-corrected chi connectivity index (χ4v) is 0.838. The highest BCUT2D eigenvalue weighted by molar-refractivity contribution is 7.85. The molecule has 0 bridgehead atoms. The molecule has 0 aliphatic rings. The maximum absolute atomic E-state index is 11.8. The zero-order valence-corrected chi connectivity index (χ0v) is 7.22. The second-order valence-corrected chi connectivity index (χ2v) is 3.91. The molecule has 0 saturated heterocycles. The van der Waals surface area contributed by atoms with Gasteiger partial charge in [-0.1, -0.05) is 0 Å². The van der Waals surface area contributed by atoms with Crippen LogP contribution in [0.5, 0.6) is 0 Å². The van der Waals surface area contributed by atoms with Gasteiger partial charge < -0.3 is 5.11 Å². The van der Waals surface area contributed by atoms with E-state index in [1.165, 1.54) is 0 Å². The first-order valence-corrected chi connectivity index (χ1v) is 4.92. The molecule has 4 nitrogen and oxygen atoms in total. The third kappa shape index (κ3) is 5.39. The Balaban J connectivity index is 3.90.